The molecule has 2 aromatic rings. The van der Waals surface area contributed by atoms with Gasteiger partial charge in [-0.1, -0.05) is 6.07 Å². The molecule has 0 aliphatic carbocycles. The molecule has 0 aliphatic rings. The predicted molar refractivity (Wildman–Crippen MR) is 45.7 cm³/mol. The number of pyridine rings is 1. The molecule has 2 nitrogen and oxygen atoms in total. The zero-order valence-corrected chi connectivity index (χ0v) is 7.17. The number of fused-ring (bicyclic) bond motifs is 1. The SMILES string of the molecule is [Li-].[O-]c1ccc(F)c2ccc[nH+]c12. The summed E-state index contributed by atoms with van der Waals surface area (Å²) < 4.78 is 13.0. The van der Waals surface area contributed by atoms with Gasteiger partial charge in [0.05, 0.1) is 5.39 Å². The molecule has 2 radical (unpaired) electrons. The van der Waals surface area contributed by atoms with Crippen molar-refractivity contribution in [3.63, 3.8) is 0 Å². The van der Waals surface area contributed by atoms with Crippen LogP contribution in [-0.4, -0.2) is 18.9 Å². The zero-order valence-electron chi connectivity index (χ0n) is 7.17. The maximum atomic E-state index is 13.0. The van der Waals surface area contributed by atoms with E-state index in [0.29, 0.717) is 10.9 Å². The maximum absolute atomic E-state index is 13.0. The fraction of sp³-hybridized carbons (Fsp3) is 0. The molecule has 0 aliphatic heterocycles. The van der Waals surface area contributed by atoms with E-state index in [-0.39, 0.29) is 30.4 Å². The van der Waals surface area contributed by atoms with Gasteiger partial charge in [0.15, 0.2) is 6.20 Å². The summed E-state index contributed by atoms with van der Waals surface area (Å²) >= 11 is 0. The Kier molecular flexibility index (Phi) is 2.92. The van der Waals surface area contributed by atoms with Crippen molar-refractivity contribution in [2.75, 3.05) is 0 Å². The van der Waals surface area contributed by atoms with Crippen LogP contribution in [0, 0.1) is 5.82 Å². The first-order chi connectivity index (χ1) is 5.79. The van der Waals surface area contributed by atoms with E-state index >= 15 is 0 Å². The Labute approximate surface area is 86.6 Å². The van der Waals surface area contributed by atoms with Gasteiger partial charge < -0.3 is 24.0 Å². The summed E-state index contributed by atoms with van der Waals surface area (Å²) in [6.45, 7) is 0. The number of hydrogen-bond donors (Lipinski definition) is 0. The fourth-order valence-corrected chi connectivity index (χ4v) is 1.16. The van der Waals surface area contributed by atoms with Gasteiger partial charge in [-0.15, -0.1) is 0 Å². The molecule has 62 valence electrons. The Morgan fingerprint density at radius 3 is 2.69 bits per heavy atom. The van der Waals surface area contributed by atoms with Crippen molar-refractivity contribution in [1.82, 2.24) is 0 Å². The van der Waals surface area contributed by atoms with Crippen LogP contribution in [0.25, 0.3) is 10.9 Å². The van der Waals surface area contributed by atoms with Gasteiger partial charge in [-0.2, -0.15) is 0 Å². The smallest absolute Gasteiger partial charge is 0.205 e. The molecule has 4 heteroatoms. The molecule has 0 unspecified atom stereocenters. The van der Waals surface area contributed by atoms with Crippen molar-refractivity contribution >= 4 is 29.8 Å². The Bertz CT molecular complexity index is 392. The molecule has 1 heterocycles. The molecule has 0 fully saturated rings. The summed E-state index contributed by atoms with van der Waals surface area (Å²) in [4.78, 5) is 2.71. The van der Waals surface area contributed by atoms with Crippen LogP contribution in [0.3, 0.4) is 0 Å². The number of halogens is 1. The second-order valence-corrected chi connectivity index (χ2v) is 2.50. The summed E-state index contributed by atoms with van der Waals surface area (Å²) in [5.74, 6) is -0.562. The van der Waals surface area contributed by atoms with Crippen molar-refractivity contribution in [1.29, 1.82) is 0 Å². The second-order valence-electron chi connectivity index (χ2n) is 2.50. The number of aromatic amines is 1. The molecule has 0 saturated carbocycles. The van der Waals surface area contributed by atoms with Crippen LogP contribution in [0.15, 0.2) is 30.5 Å². The summed E-state index contributed by atoms with van der Waals surface area (Å²) in [6, 6.07) is 5.63. The summed E-state index contributed by atoms with van der Waals surface area (Å²) in [5.41, 5.74) is 0.317. The van der Waals surface area contributed by atoms with E-state index in [1.165, 1.54) is 12.1 Å². The van der Waals surface area contributed by atoms with Crippen molar-refractivity contribution in [2.45, 2.75) is 0 Å². The number of H-pyrrole nitrogens is 1. The third-order valence-electron chi connectivity index (χ3n) is 1.74. The van der Waals surface area contributed by atoms with Crippen molar-refractivity contribution < 1.29 is 14.5 Å². The Morgan fingerprint density at radius 1 is 1.23 bits per heavy atom. The third kappa shape index (κ3) is 1.67. The van der Waals surface area contributed by atoms with Gasteiger partial charge in [0.1, 0.15) is 5.82 Å². The monoisotopic (exact) mass is 170 g/mol. The zero-order chi connectivity index (χ0) is 8.55. The molecule has 0 amide bonds. The first-order valence-corrected chi connectivity index (χ1v) is 3.55. The Balaban J connectivity index is 0.000000845. The summed E-state index contributed by atoms with van der Waals surface area (Å²) in [7, 11) is 0. The predicted octanol–water partition coefficient (Wildman–Crippen LogP) is 0.486. The van der Waals surface area contributed by atoms with Crippen LogP contribution in [0.1, 0.15) is 0 Å². The van der Waals surface area contributed by atoms with E-state index in [9.17, 15) is 9.50 Å². The average Bonchev–Trinajstić information content (AvgIpc) is 2.12. The molecule has 0 spiro atoms. The van der Waals surface area contributed by atoms with Crippen LogP contribution >= 0.6 is 0 Å². The number of aromatic nitrogens is 1. The quantitative estimate of drug-likeness (QED) is 0.530. The first kappa shape index (κ1) is 10.0. The van der Waals surface area contributed by atoms with Crippen LogP contribution in [0.4, 0.5) is 4.39 Å². The topological polar surface area (TPSA) is 37.2 Å². The Hall–Kier alpha value is -1.04. The van der Waals surface area contributed by atoms with Gasteiger partial charge in [0.25, 0.3) is 0 Å². The molecule has 1 N–H and O–H groups in total. The molecule has 2 rings (SSSR count). The van der Waals surface area contributed by atoms with Gasteiger partial charge in [-0.3, -0.25) is 0 Å². The van der Waals surface area contributed by atoms with E-state index < -0.39 is 0 Å². The Morgan fingerprint density at radius 2 is 2.00 bits per heavy atom. The first-order valence-electron chi connectivity index (χ1n) is 3.55. The van der Waals surface area contributed by atoms with Crippen LogP contribution in [0.2, 0.25) is 0 Å². The molecular weight excluding hydrogens is 164 g/mol. The normalized spacial score (nSPS) is 9.62. The summed E-state index contributed by atoms with van der Waals surface area (Å²) in [6.07, 6.45) is 1.60. The minimum Gasteiger partial charge on any atom is -1.00 e. The minimum atomic E-state index is -0.374. The van der Waals surface area contributed by atoms with Gasteiger partial charge >= 0.3 is 0 Å². The number of nitrogens with one attached hydrogen (secondary N) is 1. The molecule has 13 heavy (non-hydrogen) atoms. The van der Waals surface area contributed by atoms with Crippen molar-refractivity contribution in [2.24, 2.45) is 0 Å². The minimum absolute atomic E-state index is 0. The molecule has 0 saturated heterocycles. The van der Waals surface area contributed by atoms with Gasteiger partial charge in [0, 0.05) is 6.07 Å². The van der Waals surface area contributed by atoms with E-state index in [0.717, 1.165) is 0 Å². The maximum Gasteiger partial charge on any atom is 0.205 e. The number of hydrogen-bond acceptors (Lipinski definition) is 1. The standard InChI is InChI=1S/C9H6FNO.Li/c10-7-3-4-8(12)9-6(7)2-1-5-11-9;/h1-5,12H;/q;-1. The van der Waals surface area contributed by atoms with E-state index in [1.54, 1.807) is 18.3 Å². The molecule has 1 aromatic carbocycles. The van der Waals surface area contributed by atoms with Crippen LogP contribution in [-0.2, 0) is 0 Å². The average molecular weight is 170 g/mol. The van der Waals surface area contributed by atoms with E-state index in [4.69, 9.17) is 0 Å². The van der Waals surface area contributed by atoms with Gasteiger partial charge in [-0.25, -0.2) is 9.37 Å². The fourth-order valence-electron chi connectivity index (χ4n) is 1.16. The molecule has 1 aromatic heterocycles. The van der Waals surface area contributed by atoms with E-state index in [2.05, 4.69) is 4.98 Å². The van der Waals surface area contributed by atoms with Crippen molar-refractivity contribution in [3.05, 3.63) is 36.3 Å². The molecule has 0 bridgehead atoms. The van der Waals surface area contributed by atoms with E-state index in [1.807, 2.05) is 0 Å². The largest absolute Gasteiger partial charge is 1.00 e. The second kappa shape index (κ2) is 3.78. The number of rotatable bonds is 0. The van der Waals surface area contributed by atoms with Gasteiger partial charge in [0.2, 0.25) is 5.52 Å². The number of benzene rings is 1. The summed E-state index contributed by atoms with van der Waals surface area (Å²) in [5, 5.41) is 11.5. The van der Waals surface area contributed by atoms with Crippen molar-refractivity contribution in [3.8, 4) is 5.75 Å². The molecular formula is C9H6FLiNO-. The van der Waals surface area contributed by atoms with Gasteiger partial charge in [-0.05, 0) is 17.9 Å². The van der Waals surface area contributed by atoms with Crippen LogP contribution in [0.5, 0.6) is 5.75 Å². The van der Waals surface area contributed by atoms with Crippen LogP contribution < -0.4 is 10.1 Å². The third-order valence-corrected chi connectivity index (χ3v) is 1.74. The molecule has 0 atom stereocenters.